The Hall–Kier alpha value is -0.630. The number of thiazole rings is 1. The van der Waals surface area contributed by atoms with E-state index >= 15 is 0 Å². The summed E-state index contributed by atoms with van der Waals surface area (Å²) in [6.45, 7) is 0. The summed E-state index contributed by atoms with van der Waals surface area (Å²) in [5.41, 5.74) is 3.90. The van der Waals surface area contributed by atoms with Crippen LogP contribution < -0.4 is 5.73 Å². The zero-order valence-electron chi connectivity index (χ0n) is 6.56. The van der Waals surface area contributed by atoms with E-state index in [1.54, 1.807) is 0 Å². The number of hydrogen-bond acceptors (Lipinski definition) is 4. The number of alkyl halides is 4. The summed E-state index contributed by atoms with van der Waals surface area (Å²) in [6.07, 6.45) is -4.64. The number of hydrogen-bond donors (Lipinski definition) is 1. The topological polar surface area (TPSA) is 56.0 Å². The molecule has 78 valence electrons. The zero-order valence-corrected chi connectivity index (χ0v) is 8.96. The van der Waals surface area contributed by atoms with E-state index in [4.69, 9.17) is 5.73 Å². The third kappa shape index (κ3) is 2.24. The van der Waals surface area contributed by atoms with Crippen molar-refractivity contribution in [1.82, 2.24) is 4.98 Å². The fourth-order valence-electron chi connectivity index (χ4n) is 0.778. The molecule has 0 saturated heterocycles. The third-order valence-corrected chi connectivity index (χ3v) is 2.72. The lowest BCUT2D eigenvalue weighted by Crippen LogP contribution is -2.12. The number of nitrogens with zero attached hydrogens (tertiary/aromatic N) is 1. The molecule has 8 heteroatoms. The first kappa shape index (κ1) is 11.4. The summed E-state index contributed by atoms with van der Waals surface area (Å²) in [4.78, 5) is 13.7. The molecule has 0 amide bonds. The molecule has 1 heterocycles. The first-order chi connectivity index (χ1) is 6.36. The van der Waals surface area contributed by atoms with Gasteiger partial charge in [-0.05, 0) is 0 Å². The molecule has 0 aromatic carbocycles. The van der Waals surface area contributed by atoms with E-state index in [1.807, 2.05) is 0 Å². The van der Waals surface area contributed by atoms with Gasteiger partial charge < -0.3 is 5.73 Å². The summed E-state index contributed by atoms with van der Waals surface area (Å²) in [5, 5.41) is -0.445. The lowest BCUT2D eigenvalue weighted by Gasteiger charge is -2.03. The molecule has 1 rings (SSSR count). The highest BCUT2D eigenvalue weighted by atomic mass is 79.9. The van der Waals surface area contributed by atoms with Crippen molar-refractivity contribution in [3.63, 3.8) is 0 Å². The van der Waals surface area contributed by atoms with Crippen molar-refractivity contribution in [2.45, 2.75) is 6.18 Å². The number of halogens is 4. The van der Waals surface area contributed by atoms with Gasteiger partial charge in [0.25, 0.3) is 0 Å². The summed E-state index contributed by atoms with van der Waals surface area (Å²) < 4.78 is 36.8. The average molecular weight is 289 g/mol. The second kappa shape index (κ2) is 3.85. The maximum Gasteiger partial charge on any atom is 0.435 e. The van der Waals surface area contributed by atoms with Crippen LogP contribution in [0.3, 0.4) is 0 Å². The van der Waals surface area contributed by atoms with Crippen molar-refractivity contribution in [3.05, 3.63) is 10.6 Å². The number of nitrogens with two attached hydrogens (primary N) is 1. The lowest BCUT2D eigenvalue weighted by atomic mass is 10.3. The highest BCUT2D eigenvalue weighted by molar-refractivity contribution is 9.09. The van der Waals surface area contributed by atoms with E-state index in [9.17, 15) is 18.0 Å². The number of nitrogen functional groups attached to an aromatic ring is 1. The number of Topliss-reactive ketones (excluding diaryl/α,β-unsaturated/α-hetero) is 1. The van der Waals surface area contributed by atoms with E-state index < -0.39 is 22.5 Å². The normalized spacial score (nSPS) is 11.7. The van der Waals surface area contributed by atoms with Crippen molar-refractivity contribution in [2.24, 2.45) is 0 Å². The smallest absolute Gasteiger partial charge is 0.375 e. The Bertz CT molecular complexity index is 362. The van der Waals surface area contributed by atoms with Crippen molar-refractivity contribution in [1.29, 1.82) is 0 Å². The fourth-order valence-corrected chi connectivity index (χ4v) is 2.03. The number of carbonyl (C=O) groups is 1. The van der Waals surface area contributed by atoms with Crippen LogP contribution in [0.5, 0.6) is 0 Å². The second-order valence-corrected chi connectivity index (χ2v) is 3.88. The molecule has 0 bridgehead atoms. The first-order valence-electron chi connectivity index (χ1n) is 3.29. The molecule has 0 aliphatic carbocycles. The molecule has 0 spiro atoms. The Kier molecular flexibility index (Phi) is 3.15. The van der Waals surface area contributed by atoms with Gasteiger partial charge in [0, 0.05) is 0 Å². The third-order valence-electron chi connectivity index (χ3n) is 1.29. The van der Waals surface area contributed by atoms with Gasteiger partial charge in [-0.15, -0.1) is 0 Å². The number of anilines is 1. The molecule has 0 aliphatic rings. The Labute approximate surface area is 89.3 Å². The van der Waals surface area contributed by atoms with Crippen molar-refractivity contribution >= 4 is 38.2 Å². The zero-order chi connectivity index (χ0) is 10.9. The highest BCUT2D eigenvalue weighted by Crippen LogP contribution is 2.35. The molecule has 14 heavy (non-hydrogen) atoms. The quantitative estimate of drug-likeness (QED) is 0.671. The highest BCUT2D eigenvalue weighted by Gasteiger charge is 2.38. The van der Waals surface area contributed by atoms with E-state index in [0.717, 1.165) is 0 Å². The van der Waals surface area contributed by atoms with E-state index in [2.05, 4.69) is 20.9 Å². The SMILES string of the molecule is Nc1nc(C(F)(F)F)c(C(=O)CBr)s1. The number of ketones is 1. The summed E-state index contributed by atoms with van der Waals surface area (Å²) in [6, 6.07) is 0. The first-order valence-corrected chi connectivity index (χ1v) is 5.22. The van der Waals surface area contributed by atoms with Crippen LogP contribution in [0.4, 0.5) is 18.3 Å². The minimum absolute atomic E-state index is 0.183. The van der Waals surface area contributed by atoms with Gasteiger partial charge >= 0.3 is 6.18 Å². The molecular weight excluding hydrogens is 285 g/mol. The molecule has 0 saturated carbocycles. The molecule has 1 aromatic rings. The van der Waals surface area contributed by atoms with E-state index in [-0.39, 0.29) is 10.5 Å². The monoisotopic (exact) mass is 288 g/mol. The van der Waals surface area contributed by atoms with Crippen LogP contribution in [0.15, 0.2) is 0 Å². The van der Waals surface area contributed by atoms with Crippen LogP contribution in [0, 0.1) is 0 Å². The molecular formula is C6H4BrF3N2OS. The molecule has 1 aromatic heterocycles. The lowest BCUT2D eigenvalue weighted by molar-refractivity contribution is -0.140. The van der Waals surface area contributed by atoms with Gasteiger partial charge in [0.15, 0.2) is 16.6 Å². The fraction of sp³-hybridized carbons (Fsp3) is 0.333. The summed E-state index contributed by atoms with van der Waals surface area (Å²) in [5.74, 6) is -0.675. The summed E-state index contributed by atoms with van der Waals surface area (Å²) in [7, 11) is 0. The van der Waals surface area contributed by atoms with Gasteiger partial charge in [-0.2, -0.15) is 13.2 Å². The average Bonchev–Trinajstić information content (AvgIpc) is 2.45. The van der Waals surface area contributed by atoms with Gasteiger partial charge in [-0.1, -0.05) is 27.3 Å². The molecule has 3 nitrogen and oxygen atoms in total. The minimum atomic E-state index is -4.64. The molecule has 0 radical (unpaired) electrons. The van der Waals surface area contributed by atoms with Crippen LogP contribution in [0.1, 0.15) is 15.4 Å². The van der Waals surface area contributed by atoms with Crippen molar-refractivity contribution in [3.8, 4) is 0 Å². The van der Waals surface area contributed by atoms with Crippen LogP contribution in [-0.4, -0.2) is 16.1 Å². The van der Waals surface area contributed by atoms with E-state index in [1.165, 1.54) is 0 Å². The van der Waals surface area contributed by atoms with Crippen molar-refractivity contribution in [2.75, 3.05) is 11.1 Å². The predicted octanol–water partition coefficient (Wildman–Crippen LogP) is 2.32. The Morgan fingerprint density at radius 2 is 2.14 bits per heavy atom. The minimum Gasteiger partial charge on any atom is -0.375 e. The number of rotatable bonds is 2. The standard InChI is InChI=1S/C6H4BrF3N2OS/c7-1-2(13)3-4(6(8,9)10)12-5(11)14-3/h1H2,(H2,11,12). The van der Waals surface area contributed by atoms with Gasteiger partial charge in [0.1, 0.15) is 4.88 Å². The molecule has 2 N–H and O–H groups in total. The number of aromatic nitrogens is 1. The van der Waals surface area contributed by atoms with Gasteiger partial charge in [0.05, 0.1) is 5.33 Å². The van der Waals surface area contributed by atoms with Crippen molar-refractivity contribution < 1.29 is 18.0 Å². The Morgan fingerprint density at radius 1 is 1.57 bits per heavy atom. The van der Waals surface area contributed by atoms with E-state index in [0.29, 0.717) is 11.3 Å². The molecule has 0 unspecified atom stereocenters. The maximum atomic E-state index is 12.3. The Morgan fingerprint density at radius 3 is 2.57 bits per heavy atom. The van der Waals surface area contributed by atoms with Gasteiger partial charge in [-0.25, -0.2) is 4.98 Å². The van der Waals surface area contributed by atoms with Crippen LogP contribution in [0.2, 0.25) is 0 Å². The van der Waals surface area contributed by atoms with Crippen LogP contribution in [0.25, 0.3) is 0 Å². The van der Waals surface area contributed by atoms with Crippen LogP contribution in [-0.2, 0) is 6.18 Å². The predicted molar refractivity (Wildman–Crippen MR) is 49.7 cm³/mol. The molecule has 0 fully saturated rings. The summed E-state index contributed by atoms with van der Waals surface area (Å²) >= 11 is 3.32. The number of carbonyl (C=O) groups excluding carboxylic acids is 1. The second-order valence-electron chi connectivity index (χ2n) is 2.28. The maximum absolute atomic E-state index is 12.3. The Balaban J connectivity index is 3.23. The largest absolute Gasteiger partial charge is 0.435 e. The van der Waals surface area contributed by atoms with Crippen LogP contribution >= 0.6 is 27.3 Å². The molecule has 0 atom stereocenters. The molecule has 0 aliphatic heterocycles. The van der Waals surface area contributed by atoms with Gasteiger partial charge in [-0.3, -0.25) is 4.79 Å². The van der Waals surface area contributed by atoms with Gasteiger partial charge in [0.2, 0.25) is 0 Å².